The number of carbonyl (C=O) groups excluding carboxylic acids is 1. The molecule has 0 spiro atoms. The lowest BCUT2D eigenvalue weighted by molar-refractivity contribution is -0.384. The second-order valence-corrected chi connectivity index (χ2v) is 5.89. The molecule has 0 radical (unpaired) electrons. The smallest absolute Gasteiger partial charge is 0.407 e. The molecule has 3 N–H and O–H groups in total. The molecule has 1 aromatic rings. The Bertz CT molecular complexity index is 681. The number of aromatic carboxylic acids is 1. The standard InChI is InChI=1S/C15H20N4O6/c1-15(2,3)25-14(22)17-7-5-4-6-16-12-11(19(23)24)8-10(9-18-12)13(20)21/h4-5,8-9H,6-7H2,1-3H3,(H,16,18)(H,17,22)(H,20,21)/b5-4+. The zero-order chi connectivity index (χ0) is 19.0. The van der Waals surface area contributed by atoms with Crippen molar-refractivity contribution < 1.29 is 24.4 Å². The van der Waals surface area contributed by atoms with Gasteiger partial charge in [-0.2, -0.15) is 0 Å². The van der Waals surface area contributed by atoms with Gasteiger partial charge in [0.25, 0.3) is 0 Å². The number of aromatic nitrogens is 1. The van der Waals surface area contributed by atoms with Gasteiger partial charge in [0.15, 0.2) is 0 Å². The predicted octanol–water partition coefficient (Wildman–Crippen LogP) is 2.18. The Balaban J connectivity index is 2.52. The maximum atomic E-state index is 11.4. The number of amides is 1. The number of carbonyl (C=O) groups is 2. The molecule has 0 aliphatic rings. The molecule has 1 rings (SSSR count). The summed E-state index contributed by atoms with van der Waals surface area (Å²) in [5, 5.41) is 25.0. The quantitative estimate of drug-likeness (QED) is 0.385. The molecule has 0 bridgehead atoms. The van der Waals surface area contributed by atoms with Gasteiger partial charge in [-0.3, -0.25) is 10.1 Å². The molecule has 10 heteroatoms. The highest BCUT2D eigenvalue weighted by Gasteiger charge is 2.18. The molecular weight excluding hydrogens is 332 g/mol. The monoisotopic (exact) mass is 352 g/mol. The molecular formula is C15H20N4O6. The summed E-state index contributed by atoms with van der Waals surface area (Å²) < 4.78 is 5.05. The number of rotatable bonds is 7. The molecule has 0 unspecified atom stereocenters. The third kappa shape index (κ3) is 7.29. The van der Waals surface area contributed by atoms with Crippen LogP contribution in [0.4, 0.5) is 16.3 Å². The molecule has 0 saturated heterocycles. The number of pyridine rings is 1. The third-order valence-electron chi connectivity index (χ3n) is 2.63. The molecule has 1 amide bonds. The Hall–Kier alpha value is -3.17. The van der Waals surface area contributed by atoms with Gasteiger partial charge in [0.05, 0.1) is 10.5 Å². The number of hydrogen-bond donors (Lipinski definition) is 3. The Kier molecular flexibility index (Phi) is 6.85. The Morgan fingerprint density at radius 2 is 2.00 bits per heavy atom. The summed E-state index contributed by atoms with van der Waals surface area (Å²) in [6, 6.07) is 0.936. The lowest BCUT2D eigenvalue weighted by Crippen LogP contribution is -2.32. The molecule has 0 fully saturated rings. The SMILES string of the molecule is CC(C)(C)OC(=O)NC/C=C/CNc1ncc(C(=O)O)cc1[N+](=O)[O-]. The van der Waals surface area contributed by atoms with Crippen molar-refractivity contribution in [3.8, 4) is 0 Å². The van der Waals surface area contributed by atoms with Crippen LogP contribution >= 0.6 is 0 Å². The van der Waals surface area contributed by atoms with Crippen molar-refractivity contribution in [3.05, 3.63) is 40.1 Å². The number of nitrogens with zero attached hydrogens (tertiary/aromatic N) is 2. The topological polar surface area (TPSA) is 144 Å². The van der Waals surface area contributed by atoms with E-state index in [1.54, 1.807) is 32.9 Å². The first-order valence-corrected chi connectivity index (χ1v) is 7.33. The van der Waals surface area contributed by atoms with Crippen molar-refractivity contribution in [2.45, 2.75) is 26.4 Å². The number of ether oxygens (including phenoxy) is 1. The van der Waals surface area contributed by atoms with Crippen molar-refractivity contribution in [1.29, 1.82) is 0 Å². The summed E-state index contributed by atoms with van der Waals surface area (Å²) in [6.07, 6.45) is 3.75. The van der Waals surface area contributed by atoms with Crippen molar-refractivity contribution in [2.75, 3.05) is 18.4 Å². The largest absolute Gasteiger partial charge is 0.478 e. The van der Waals surface area contributed by atoms with Gasteiger partial charge < -0.3 is 20.5 Å². The summed E-state index contributed by atoms with van der Waals surface area (Å²) in [5.74, 6) is -1.34. The Labute approximate surface area is 144 Å². The number of carboxylic acid groups (broad SMARTS) is 1. The van der Waals surface area contributed by atoms with Crippen LogP contribution in [-0.4, -0.2) is 45.8 Å². The van der Waals surface area contributed by atoms with E-state index in [0.29, 0.717) is 0 Å². The zero-order valence-corrected chi connectivity index (χ0v) is 14.1. The molecule has 0 aliphatic heterocycles. The summed E-state index contributed by atoms with van der Waals surface area (Å²) in [5.41, 5.74) is -1.28. The molecule has 25 heavy (non-hydrogen) atoms. The van der Waals surface area contributed by atoms with Crippen LogP contribution in [0.5, 0.6) is 0 Å². The molecule has 10 nitrogen and oxygen atoms in total. The van der Waals surface area contributed by atoms with Gasteiger partial charge in [-0.05, 0) is 20.8 Å². The highest BCUT2D eigenvalue weighted by molar-refractivity contribution is 5.88. The fourth-order valence-corrected chi connectivity index (χ4v) is 1.62. The molecule has 0 aliphatic carbocycles. The number of alkyl carbamates (subject to hydrolysis) is 1. The van der Waals surface area contributed by atoms with Gasteiger partial charge in [-0.25, -0.2) is 14.6 Å². The molecule has 0 aromatic carbocycles. The van der Waals surface area contributed by atoms with Crippen molar-refractivity contribution in [2.24, 2.45) is 0 Å². The molecule has 1 heterocycles. The zero-order valence-electron chi connectivity index (χ0n) is 14.1. The van der Waals surface area contributed by atoms with Crippen LogP contribution in [0.3, 0.4) is 0 Å². The summed E-state index contributed by atoms with van der Waals surface area (Å²) >= 11 is 0. The van der Waals surface area contributed by atoms with Gasteiger partial charge in [-0.15, -0.1) is 0 Å². The molecule has 0 saturated carbocycles. The lowest BCUT2D eigenvalue weighted by atomic mass is 10.2. The molecule has 0 atom stereocenters. The van der Waals surface area contributed by atoms with Gasteiger partial charge in [-0.1, -0.05) is 12.2 Å². The van der Waals surface area contributed by atoms with E-state index in [4.69, 9.17) is 9.84 Å². The minimum Gasteiger partial charge on any atom is -0.478 e. The van der Waals surface area contributed by atoms with Crippen LogP contribution in [0.2, 0.25) is 0 Å². The summed E-state index contributed by atoms with van der Waals surface area (Å²) in [6.45, 7) is 5.69. The maximum Gasteiger partial charge on any atom is 0.407 e. The average molecular weight is 352 g/mol. The van der Waals surface area contributed by atoms with E-state index in [9.17, 15) is 19.7 Å². The normalized spacial score (nSPS) is 11.2. The van der Waals surface area contributed by atoms with Gasteiger partial charge in [0.1, 0.15) is 5.60 Å². The Morgan fingerprint density at radius 1 is 1.36 bits per heavy atom. The van der Waals surface area contributed by atoms with Crippen molar-refractivity contribution >= 4 is 23.6 Å². The van der Waals surface area contributed by atoms with Crippen LogP contribution in [0, 0.1) is 10.1 Å². The highest BCUT2D eigenvalue weighted by Crippen LogP contribution is 2.22. The fourth-order valence-electron chi connectivity index (χ4n) is 1.62. The summed E-state index contributed by atoms with van der Waals surface area (Å²) in [7, 11) is 0. The number of hydrogen-bond acceptors (Lipinski definition) is 7. The van der Waals surface area contributed by atoms with Crippen molar-refractivity contribution in [1.82, 2.24) is 10.3 Å². The molecule has 136 valence electrons. The first-order chi connectivity index (χ1) is 11.6. The van der Waals surface area contributed by atoms with Crippen molar-refractivity contribution in [3.63, 3.8) is 0 Å². The average Bonchev–Trinajstić information content (AvgIpc) is 2.48. The second kappa shape index (κ2) is 8.62. The lowest BCUT2D eigenvalue weighted by Gasteiger charge is -2.19. The van der Waals surface area contributed by atoms with Gasteiger partial charge >= 0.3 is 17.7 Å². The van der Waals surface area contributed by atoms with Gasteiger partial charge in [0.2, 0.25) is 5.82 Å². The number of nitro groups is 1. The highest BCUT2D eigenvalue weighted by atomic mass is 16.6. The maximum absolute atomic E-state index is 11.4. The van der Waals surface area contributed by atoms with Crippen LogP contribution in [0.15, 0.2) is 24.4 Å². The van der Waals surface area contributed by atoms with E-state index in [2.05, 4.69) is 15.6 Å². The molecule has 1 aromatic heterocycles. The Morgan fingerprint density at radius 3 is 2.56 bits per heavy atom. The fraction of sp³-hybridized carbons (Fsp3) is 0.400. The number of carboxylic acids is 1. The van der Waals surface area contributed by atoms with E-state index < -0.39 is 28.3 Å². The van der Waals surface area contributed by atoms with Crippen LogP contribution in [0.25, 0.3) is 0 Å². The van der Waals surface area contributed by atoms with E-state index in [1.165, 1.54) is 0 Å². The first kappa shape index (κ1) is 19.9. The summed E-state index contributed by atoms with van der Waals surface area (Å²) in [4.78, 5) is 36.2. The van der Waals surface area contributed by atoms with E-state index in [1.807, 2.05) is 0 Å². The van der Waals surface area contributed by atoms with Gasteiger partial charge in [0, 0.05) is 25.4 Å². The van der Waals surface area contributed by atoms with Crippen LogP contribution in [0.1, 0.15) is 31.1 Å². The predicted molar refractivity (Wildman–Crippen MR) is 89.7 cm³/mol. The van der Waals surface area contributed by atoms with Crippen LogP contribution in [-0.2, 0) is 4.74 Å². The van der Waals surface area contributed by atoms with Crippen LogP contribution < -0.4 is 10.6 Å². The van der Waals surface area contributed by atoms with E-state index in [-0.39, 0.29) is 24.5 Å². The number of nitrogens with one attached hydrogen (secondary N) is 2. The minimum atomic E-state index is -1.30. The second-order valence-electron chi connectivity index (χ2n) is 5.89. The number of anilines is 1. The minimum absolute atomic E-state index is 0.0419. The van der Waals surface area contributed by atoms with E-state index >= 15 is 0 Å². The first-order valence-electron chi connectivity index (χ1n) is 7.33. The third-order valence-corrected chi connectivity index (χ3v) is 2.63. The van der Waals surface area contributed by atoms with E-state index in [0.717, 1.165) is 12.3 Å².